The van der Waals surface area contributed by atoms with Crippen LogP contribution in [0.3, 0.4) is 0 Å². The molecule has 2 aliphatic rings. The van der Waals surface area contributed by atoms with E-state index in [-0.39, 0.29) is 5.91 Å². The second-order valence-corrected chi connectivity index (χ2v) is 7.71. The molecule has 0 unspecified atom stereocenters. The molecule has 0 radical (unpaired) electrons. The summed E-state index contributed by atoms with van der Waals surface area (Å²) in [7, 11) is 0. The molecule has 5 heteroatoms. The molecule has 0 saturated carbocycles. The number of carbonyl (C=O) groups is 1. The summed E-state index contributed by atoms with van der Waals surface area (Å²) in [6.45, 7) is 4.23. The van der Waals surface area contributed by atoms with Crippen molar-refractivity contribution in [1.82, 2.24) is 14.5 Å². The average Bonchev–Trinajstić information content (AvgIpc) is 3.31. The zero-order chi connectivity index (χ0) is 18.9. The lowest BCUT2D eigenvalue weighted by Crippen LogP contribution is -2.30. The molecule has 0 spiro atoms. The van der Waals surface area contributed by atoms with E-state index in [0.717, 1.165) is 41.7 Å². The van der Waals surface area contributed by atoms with Gasteiger partial charge in [-0.2, -0.15) is 0 Å². The van der Waals surface area contributed by atoms with Crippen LogP contribution in [-0.2, 0) is 0 Å². The molecular weight excluding hydrogens is 350 g/mol. The molecule has 0 atom stereocenters. The minimum Gasteiger partial charge on any atom is -0.492 e. The average molecular weight is 375 g/mol. The van der Waals surface area contributed by atoms with E-state index in [0.29, 0.717) is 17.9 Å². The number of benzene rings is 1. The zero-order valence-electron chi connectivity index (χ0n) is 16.1. The third-order valence-electron chi connectivity index (χ3n) is 5.83. The van der Waals surface area contributed by atoms with Gasteiger partial charge in [0.05, 0.1) is 17.8 Å². The van der Waals surface area contributed by atoms with E-state index in [1.54, 1.807) is 10.8 Å². The molecule has 0 N–H and O–H groups in total. The second-order valence-electron chi connectivity index (χ2n) is 7.71. The van der Waals surface area contributed by atoms with Gasteiger partial charge in [-0.25, -0.2) is 4.98 Å². The molecule has 1 fully saturated rings. The van der Waals surface area contributed by atoms with Crippen LogP contribution in [-0.4, -0.2) is 46.6 Å². The van der Waals surface area contributed by atoms with Crippen molar-refractivity contribution in [2.24, 2.45) is 0 Å². The van der Waals surface area contributed by atoms with Gasteiger partial charge >= 0.3 is 0 Å². The number of ether oxygens (including phenoxy) is 1. The first kappa shape index (κ1) is 17.4. The van der Waals surface area contributed by atoms with Gasteiger partial charge in [0.2, 0.25) is 0 Å². The van der Waals surface area contributed by atoms with Crippen LogP contribution in [0.2, 0.25) is 0 Å². The Morgan fingerprint density at radius 1 is 1.00 bits per heavy atom. The van der Waals surface area contributed by atoms with E-state index in [1.807, 2.05) is 36.4 Å². The molecule has 28 heavy (non-hydrogen) atoms. The summed E-state index contributed by atoms with van der Waals surface area (Å²) >= 11 is 0. The molecule has 144 valence electrons. The van der Waals surface area contributed by atoms with Crippen molar-refractivity contribution in [3.63, 3.8) is 0 Å². The van der Waals surface area contributed by atoms with Crippen LogP contribution in [0.25, 0.3) is 22.3 Å². The number of nitrogens with zero attached hydrogens (tertiary/aromatic N) is 3. The van der Waals surface area contributed by atoms with Crippen LogP contribution >= 0.6 is 0 Å². The summed E-state index contributed by atoms with van der Waals surface area (Å²) in [5, 5.41) is 0.913. The third-order valence-corrected chi connectivity index (χ3v) is 5.83. The Bertz CT molecular complexity index is 1020. The van der Waals surface area contributed by atoms with Gasteiger partial charge in [-0.1, -0.05) is 18.6 Å². The van der Waals surface area contributed by atoms with Crippen molar-refractivity contribution in [2.75, 3.05) is 26.2 Å². The first-order valence-electron chi connectivity index (χ1n) is 10.3. The lowest BCUT2D eigenvalue weighted by atomic mass is 10.1. The van der Waals surface area contributed by atoms with Crippen molar-refractivity contribution in [3.8, 4) is 17.1 Å². The van der Waals surface area contributed by atoms with E-state index >= 15 is 0 Å². The molecule has 4 heterocycles. The van der Waals surface area contributed by atoms with Gasteiger partial charge in [0.15, 0.2) is 0 Å². The minimum absolute atomic E-state index is 0.0448. The third kappa shape index (κ3) is 3.00. The van der Waals surface area contributed by atoms with Crippen molar-refractivity contribution >= 4 is 16.8 Å². The van der Waals surface area contributed by atoms with Gasteiger partial charge in [-0.15, -0.1) is 0 Å². The van der Waals surface area contributed by atoms with E-state index in [9.17, 15) is 4.79 Å². The number of para-hydroxylation sites is 1. The molecule has 5 rings (SSSR count). The van der Waals surface area contributed by atoms with Gasteiger partial charge in [0.1, 0.15) is 17.0 Å². The number of carbonyl (C=O) groups excluding carboxylic acids is 1. The minimum atomic E-state index is -0.0448. The normalized spacial score (nSPS) is 16.4. The summed E-state index contributed by atoms with van der Waals surface area (Å²) in [5.74, 6) is 0.642. The fraction of sp³-hybridized carbons (Fsp3) is 0.391. The van der Waals surface area contributed by atoms with Gasteiger partial charge in [0.25, 0.3) is 5.91 Å². The number of fused-ring (bicyclic) bond motifs is 4. The van der Waals surface area contributed by atoms with Crippen molar-refractivity contribution in [3.05, 3.63) is 48.2 Å². The Morgan fingerprint density at radius 2 is 1.86 bits per heavy atom. The molecule has 2 aromatic heterocycles. The number of aromatic nitrogens is 2. The first-order chi connectivity index (χ1) is 13.8. The standard InChI is InChI=1S/C23H25N3O2/c27-23-20-21(19-11-8-15-26(19)23)24-18-10-3-2-9-17(18)22(20)28-16-7-6-14-25-12-4-1-5-13-25/h2-3,8-11,15H,1,4-7,12-14,16H2. The predicted octanol–water partition coefficient (Wildman–Crippen LogP) is 4.35. The highest BCUT2D eigenvalue weighted by molar-refractivity contribution is 6.13. The van der Waals surface area contributed by atoms with Crippen LogP contribution < -0.4 is 4.74 Å². The highest BCUT2D eigenvalue weighted by atomic mass is 16.5. The van der Waals surface area contributed by atoms with Crippen LogP contribution in [0.5, 0.6) is 5.75 Å². The van der Waals surface area contributed by atoms with Crippen LogP contribution in [0.4, 0.5) is 0 Å². The largest absolute Gasteiger partial charge is 0.492 e. The summed E-state index contributed by atoms with van der Waals surface area (Å²) in [6.07, 6.45) is 7.94. The van der Waals surface area contributed by atoms with Crippen molar-refractivity contribution in [1.29, 1.82) is 0 Å². The van der Waals surface area contributed by atoms with E-state index < -0.39 is 0 Å². The summed E-state index contributed by atoms with van der Waals surface area (Å²) in [5.41, 5.74) is 3.05. The SMILES string of the molecule is O=C1c2c(nc3ccccc3c2OCCCCN2CCCCC2)-c2cccn21. The molecule has 2 aliphatic heterocycles. The molecule has 0 aliphatic carbocycles. The molecule has 5 nitrogen and oxygen atoms in total. The maximum absolute atomic E-state index is 12.9. The molecule has 1 saturated heterocycles. The number of piperidine rings is 1. The Morgan fingerprint density at radius 3 is 2.75 bits per heavy atom. The second kappa shape index (κ2) is 7.40. The molecule has 3 aromatic rings. The Hall–Kier alpha value is -2.66. The molecule has 1 aromatic carbocycles. The Labute approximate surface area is 164 Å². The fourth-order valence-electron chi connectivity index (χ4n) is 4.38. The van der Waals surface area contributed by atoms with Crippen molar-refractivity contribution in [2.45, 2.75) is 32.1 Å². The number of hydrogen-bond acceptors (Lipinski definition) is 4. The predicted molar refractivity (Wildman–Crippen MR) is 110 cm³/mol. The van der Waals surface area contributed by atoms with Gasteiger partial charge < -0.3 is 9.64 Å². The molecular formula is C23H25N3O2. The molecule has 0 amide bonds. The maximum Gasteiger partial charge on any atom is 0.268 e. The van der Waals surface area contributed by atoms with Gasteiger partial charge in [-0.3, -0.25) is 9.36 Å². The van der Waals surface area contributed by atoms with Gasteiger partial charge in [-0.05, 0) is 69.6 Å². The number of unbranched alkanes of at least 4 members (excludes halogenated alkanes) is 1. The summed E-state index contributed by atoms with van der Waals surface area (Å²) < 4.78 is 7.90. The Balaban J connectivity index is 1.36. The lowest BCUT2D eigenvalue weighted by molar-refractivity contribution is 0.0965. The zero-order valence-corrected chi connectivity index (χ0v) is 16.1. The monoisotopic (exact) mass is 375 g/mol. The highest BCUT2D eigenvalue weighted by Gasteiger charge is 2.32. The maximum atomic E-state index is 12.9. The smallest absolute Gasteiger partial charge is 0.268 e. The topological polar surface area (TPSA) is 47.4 Å². The fourth-order valence-corrected chi connectivity index (χ4v) is 4.38. The van der Waals surface area contributed by atoms with E-state index in [2.05, 4.69) is 4.90 Å². The quantitative estimate of drug-likeness (QED) is 0.470. The number of likely N-dealkylation sites (tertiary alicyclic amines) is 1. The van der Waals surface area contributed by atoms with E-state index in [1.165, 1.54) is 32.4 Å². The Kier molecular flexibility index (Phi) is 4.61. The highest BCUT2D eigenvalue weighted by Crippen LogP contribution is 2.40. The summed E-state index contributed by atoms with van der Waals surface area (Å²) in [6, 6.07) is 11.7. The number of pyridine rings is 1. The van der Waals surface area contributed by atoms with Crippen LogP contribution in [0, 0.1) is 0 Å². The first-order valence-corrected chi connectivity index (χ1v) is 10.3. The lowest BCUT2D eigenvalue weighted by Gasteiger charge is -2.26. The van der Waals surface area contributed by atoms with Crippen LogP contribution in [0.15, 0.2) is 42.6 Å². The summed E-state index contributed by atoms with van der Waals surface area (Å²) in [4.78, 5) is 20.3. The van der Waals surface area contributed by atoms with Gasteiger partial charge in [0, 0.05) is 11.6 Å². The van der Waals surface area contributed by atoms with E-state index in [4.69, 9.17) is 9.72 Å². The number of rotatable bonds is 6. The van der Waals surface area contributed by atoms with Crippen LogP contribution in [0.1, 0.15) is 42.5 Å². The molecule has 0 bridgehead atoms. The number of hydrogen-bond donors (Lipinski definition) is 0. The van der Waals surface area contributed by atoms with Crippen molar-refractivity contribution < 1.29 is 9.53 Å².